The van der Waals surface area contributed by atoms with Crippen molar-refractivity contribution in [2.45, 2.75) is 11.3 Å². The topological polar surface area (TPSA) is 98.7 Å². The molecule has 142 valence electrons. The molecule has 0 spiro atoms. The molecule has 3 aromatic rings. The molecule has 7 nitrogen and oxygen atoms in total. The zero-order valence-electron chi connectivity index (χ0n) is 13.2. The fourth-order valence-corrected chi connectivity index (χ4v) is 3.33. The van der Waals surface area contributed by atoms with Gasteiger partial charge in [0, 0.05) is 10.9 Å². The molecule has 0 saturated carbocycles. The number of benzene rings is 1. The first-order valence-electron chi connectivity index (χ1n) is 7.16. The van der Waals surface area contributed by atoms with Gasteiger partial charge in [-0.2, -0.15) is 13.2 Å². The van der Waals surface area contributed by atoms with Gasteiger partial charge in [0.05, 0.1) is 11.4 Å². The third kappa shape index (κ3) is 4.54. The Bertz CT molecular complexity index is 953. The van der Waals surface area contributed by atoms with Crippen LogP contribution in [0, 0.1) is 5.82 Å². The van der Waals surface area contributed by atoms with Crippen molar-refractivity contribution in [1.82, 2.24) is 19.9 Å². The number of nitrogens with two attached hydrogens (primary N) is 1. The van der Waals surface area contributed by atoms with Gasteiger partial charge in [0.1, 0.15) is 5.82 Å². The Morgan fingerprint density at radius 1 is 1.26 bits per heavy atom. The second kappa shape index (κ2) is 7.52. The number of amides is 1. The highest BCUT2D eigenvalue weighted by molar-refractivity contribution is 7.99. The summed E-state index contributed by atoms with van der Waals surface area (Å²) < 4.78 is 51.0. The SMILES string of the molecule is Nn1c(SCC(=O)Nc2nc(-c3ccc(F)cc3)cs2)nnc1C(F)(F)F. The van der Waals surface area contributed by atoms with E-state index >= 15 is 0 Å². The van der Waals surface area contributed by atoms with Crippen molar-refractivity contribution in [3.8, 4) is 11.3 Å². The summed E-state index contributed by atoms with van der Waals surface area (Å²) in [6.45, 7) is 0. The van der Waals surface area contributed by atoms with Crippen molar-refractivity contribution in [1.29, 1.82) is 0 Å². The molecule has 2 heterocycles. The molecule has 0 radical (unpaired) electrons. The molecule has 3 N–H and O–H groups in total. The van der Waals surface area contributed by atoms with Crippen LogP contribution in [0.2, 0.25) is 0 Å². The highest BCUT2D eigenvalue weighted by atomic mass is 32.2. The number of carbonyl (C=O) groups excluding carboxylic acids is 1. The first-order chi connectivity index (χ1) is 12.7. The molecule has 0 bridgehead atoms. The van der Waals surface area contributed by atoms with Crippen molar-refractivity contribution < 1.29 is 22.4 Å². The average Bonchev–Trinajstić information content (AvgIpc) is 3.20. The summed E-state index contributed by atoms with van der Waals surface area (Å²) >= 11 is 1.86. The number of anilines is 1. The van der Waals surface area contributed by atoms with Crippen LogP contribution in [0.4, 0.5) is 22.7 Å². The Balaban J connectivity index is 1.59. The Labute approximate surface area is 157 Å². The molecule has 13 heteroatoms. The molecule has 0 saturated heterocycles. The molecule has 0 aliphatic carbocycles. The zero-order valence-corrected chi connectivity index (χ0v) is 14.8. The molecule has 3 rings (SSSR count). The number of thiazole rings is 1. The number of alkyl halides is 3. The fraction of sp³-hybridized carbons (Fsp3) is 0.143. The highest BCUT2D eigenvalue weighted by Crippen LogP contribution is 2.29. The Hall–Kier alpha value is -2.67. The first kappa shape index (κ1) is 19.1. The maximum Gasteiger partial charge on any atom is 0.453 e. The molecule has 0 aliphatic heterocycles. The van der Waals surface area contributed by atoms with Gasteiger partial charge in [0.25, 0.3) is 5.82 Å². The molecule has 27 heavy (non-hydrogen) atoms. The molecule has 1 aromatic carbocycles. The Morgan fingerprint density at radius 2 is 1.96 bits per heavy atom. The summed E-state index contributed by atoms with van der Waals surface area (Å²) in [4.78, 5) is 16.2. The summed E-state index contributed by atoms with van der Waals surface area (Å²) in [5.41, 5.74) is 1.23. The minimum Gasteiger partial charge on any atom is -0.335 e. The summed E-state index contributed by atoms with van der Waals surface area (Å²) in [5.74, 6) is 2.82. The fourth-order valence-electron chi connectivity index (χ4n) is 1.94. The van der Waals surface area contributed by atoms with E-state index in [1.807, 2.05) is 0 Å². The van der Waals surface area contributed by atoms with Crippen LogP contribution in [0.5, 0.6) is 0 Å². The van der Waals surface area contributed by atoms with E-state index in [1.165, 1.54) is 12.1 Å². The second-order valence-electron chi connectivity index (χ2n) is 5.06. The second-order valence-corrected chi connectivity index (χ2v) is 6.86. The van der Waals surface area contributed by atoms with Crippen LogP contribution in [0.25, 0.3) is 11.3 Å². The van der Waals surface area contributed by atoms with Crippen molar-refractivity contribution in [2.75, 3.05) is 16.9 Å². The quantitative estimate of drug-likeness (QED) is 0.376. The number of hydrogen-bond donors (Lipinski definition) is 2. The number of nitrogen functional groups attached to an aromatic ring is 1. The number of thioether (sulfide) groups is 1. The van der Waals surface area contributed by atoms with E-state index in [0.29, 0.717) is 28.2 Å². The summed E-state index contributed by atoms with van der Waals surface area (Å²) in [6.07, 6.45) is -4.74. The van der Waals surface area contributed by atoms with Crippen molar-refractivity contribution >= 4 is 34.1 Å². The van der Waals surface area contributed by atoms with Gasteiger partial charge in [-0.3, -0.25) is 4.79 Å². The van der Waals surface area contributed by atoms with Gasteiger partial charge in [0.15, 0.2) is 5.13 Å². The maximum absolute atomic E-state index is 12.9. The van der Waals surface area contributed by atoms with Crippen LogP contribution in [-0.4, -0.2) is 31.5 Å². The molecule has 0 unspecified atom stereocenters. The molecule has 0 aliphatic rings. The van der Waals surface area contributed by atoms with Gasteiger partial charge in [0.2, 0.25) is 11.1 Å². The van der Waals surface area contributed by atoms with E-state index in [2.05, 4.69) is 20.5 Å². The summed E-state index contributed by atoms with van der Waals surface area (Å²) in [5, 5.41) is 10.5. The lowest BCUT2D eigenvalue weighted by Crippen LogP contribution is -2.22. The van der Waals surface area contributed by atoms with E-state index in [4.69, 9.17) is 5.84 Å². The van der Waals surface area contributed by atoms with Crippen LogP contribution in [0.1, 0.15) is 5.82 Å². The van der Waals surface area contributed by atoms with Gasteiger partial charge >= 0.3 is 6.18 Å². The third-order valence-corrected chi connectivity index (χ3v) is 4.84. The predicted molar refractivity (Wildman–Crippen MR) is 92.0 cm³/mol. The lowest BCUT2D eigenvalue weighted by Gasteiger charge is -2.05. The van der Waals surface area contributed by atoms with Gasteiger partial charge < -0.3 is 11.2 Å². The summed E-state index contributed by atoms with van der Waals surface area (Å²) in [6, 6.07) is 5.69. The summed E-state index contributed by atoms with van der Waals surface area (Å²) in [7, 11) is 0. The van der Waals surface area contributed by atoms with Gasteiger partial charge in [-0.05, 0) is 24.3 Å². The van der Waals surface area contributed by atoms with Gasteiger partial charge in [-0.25, -0.2) is 14.1 Å². The molecule has 0 fully saturated rings. The number of aromatic nitrogens is 4. The van der Waals surface area contributed by atoms with Crippen LogP contribution in [-0.2, 0) is 11.0 Å². The van der Waals surface area contributed by atoms with E-state index in [1.54, 1.807) is 17.5 Å². The Morgan fingerprint density at radius 3 is 2.59 bits per heavy atom. The minimum absolute atomic E-state index is 0.237. The van der Waals surface area contributed by atoms with Gasteiger partial charge in [-0.15, -0.1) is 21.5 Å². The average molecular weight is 418 g/mol. The van der Waals surface area contributed by atoms with E-state index in [0.717, 1.165) is 11.3 Å². The number of halogens is 4. The van der Waals surface area contributed by atoms with E-state index in [-0.39, 0.29) is 21.4 Å². The van der Waals surface area contributed by atoms with Crippen LogP contribution in [0.3, 0.4) is 0 Å². The predicted octanol–water partition coefficient (Wildman–Crippen LogP) is 3.00. The molecular formula is C14H10F4N6OS2. The molecule has 0 atom stereocenters. The monoisotopic (exact) mass is 418 g/mol. The molecule has 1 amide bonds. The van der Waals surface area contributed by atoms with Crippen LogP contribution in [0.15, 0.2) is 34.8 Å². The standard InChI is InChI=1S/C14H10F4N6OS2/c15-8-3-1-7(2-4-8)9-5-26-12(20-9)21-10(25)6-27-13-23-22-11(24(13)19)14(16,17)18/h1-5H,6,19H2,(H,20,21,25). The van der Waals surface area contributed by atoms with Gasteiger partial charge in [-0.1, -0.05) is 11.8 Å². The van der Waals surface area contributed by atoms with Crippen molar-refractivity contribution in [3.63, 3.8) is 0 Å². The van der Waals surface area contributed by atoms with E-state index < -0.39 is 17.9 Å². The lowest BCUT2D eigenvalue weighted by molar-refractivity contribution is -0.146. The third-order valence-electron chi connectivity index (χ3n) is 3.14. The highest BCUT2D eigenvalue weighted by Gasteiger charge is 2.38. The van der Waals surface area contributed by atoms with Crippen LogP contribution >= 0.6 is 23.1 Å². The first-order valence-corrected chi connectivity index (χ1v) is 9.02. The van der Waals surface area contributed by atoms with Crippen molar-refractivity contribution in [2.24, 2.45) is 0 Å². The minimum atomic E-state index is -4.74. The number of carbonyl (C=O) groups is 1. The number of nitrogens with zero attached hydrogens (tertiary/aromatic N) is 4. The van der Waals surface area contributed by atoms with Crippen LogP contribution < -0.4 is 11.2 Å². The maximum atomic E-state index is 12.9. The number of hydrogen-bond acceptors (Lipinski definition) is 7. The zero-order chi connectivity index (χ0) is 19.6. The van der Waals surface area contributed by atoms with Crippen molar-refractivity contribution in [3.05, 3.63) is 41.3 Å². The Kier molecular flexibility index (Phi) is 5.32. The van der Waals surface area contributed by atoms with E-state index in [9.17, 15) is 22.4 Å². The lowest BCUT2D eigenvalue weighted by atomic mass is 10.2. The number of nitrogens with one attached hydrogen (secondary N) is 1. The largest absolute Gasteiger partial charge is 0.453 e. The normalized spacial score (nSPS) is 11.6. The number of rotatable bonds is 5. The molecular weight excluding hydrogens is 408 g/mol. The smallest absolute Gasteiger partial charge is 0.335 e. The molecule has 2 aromatic heterocycles.